The summed E-state index contributed by atoms with van der Waals surface area (Å²) in [6, 6.07) is 4.37. The van der Waals surface area contributed by atoms with Crippen molar-refractivity contribution in [2.45, 2.75) is 38.3 Å². The molecule has 2 aliphatic carbocycles. The lowest BCUT2D eigenvalue weighted by atomic mass is 10.2. The van der Waals surface area contributed by atoms with Crippen LogP contribution in [0.5, 0.6) is 5.75 Å². The van der Waals surface area contributed by atoms with Crippen molar-refractivity contribution in [3.63, 3.8) is 0 Å². The van der Waals surface area contributed by atoms with Crippen LogP contribution in [0.1, 0.15) is 31.2 Å². The van der Waals surface area contributed by atoms with Crippen LogP contribution in [-0.2, 0) is 6.54 Å². The molecule has 18 heavy (non-hydrogen) atoms. The number of benzene rings is 1. The highest BCUT2D eigenvalue weighted by atomic mass is 35.5. The van der Waals surface area contributed by atoms with Crippen LogP contribution in [0, 0.1) is 5.92 Å². The highest BCUT2D eigenvalue weighted by Crippen LogP contribution is 2.36. The van der Waals surface area contributed by atoms with Crippen molar-refractivity contribution >= 4 is 23.2 Å². The zero-order valence-corrected chi connectivity index (χ0v) is 11.7. The summed E-state index contributed by atoms with van der Waals surface area (Å²) in [7, 11) is 0. The Labute approximate surface area is 118 Å². The van der Waals surface area contributed by atoms with E-state index in [1.807, 2.05) is 6.07 Å². The summed E-state index contributed by atoms with van der Waals surface area (Å²) in [6.45, 7) is 1.56. The van der Waals surface area contributed by atoms with E-state index in [9.17, 15) is 0 Å². The lowest BCUT2D eigenvalue weighted by Gasteiger charge is -2.14. The predicted octanol–water partition coefficient (Wildman–Crippen LogP) is 4.03. The topological polar surface area (TPSA) is 21.3 Å². The van der Waals surface area contributed by atoms with Gasteiger partial charge in [0.15, 0.2) is 0 Å². The summed E-state index contributed by atoms with van der Waals surface area (Å²) < 4.78 is 5.87. The van der Waals surface area contributed by atoms with Gasteiger partial charge in [-0.3, -0.25) is 0 Å². The van der Waals surface area contributed by atoms with Crippen LogP contribution in [-0.4, -0.2) is 12.6 Å². The minimum atomic E-state index is 0.621. The molecule has 0 aliphatic heterocycles. The van der Waals surface area contributed by atoms with Crippen LogP contribution in [0.15, 0.2) is 12.1 Å². The first-order valence-corrected chi connectivity index (χ1v) is 7.32. The number of ether oxygens (including phenoxy) is 1. The summed E-state index contributed by atoms with van der Waals surface area (Å²) >= 11 is 12.3. The van der Waals surface area contributed by atoms with Gasteiger partial charge >= 0.3 is 0 Å². The van der Waals surface area contributed by atoms with Crippen LogP contribution in [0.25, 0.3) is 0 Å². The summed E-state index contributed by atoms with van der Waals surface area (Å²) in [5, 5.41) is 4.77. The molecule has 0 heterocycles. The molecule has 0 spiro atoms. The van der Waals surface area contributed by atoms with Gasteiger partial charge in [0.05, 0.1) is 11.6 Å². The van der Waals surface area contributed by atoms with Crippen LogP contribution in [0.2, 0.25) is 10.0 Å². The maximum atomic E-state index is 6.23. The van der Waals surface area contributed by atoms with Crippen molar-refractivity contribution in [3.05, 3.63) is 27.7 Å². The molecule has 1 aromatic rings. The summed E-state index contributed by atoms with van der Waals surface area (Å²) in [5.74, 6) is 1.53. The Balaban J connectivity index is 1.72. The van der Waals surface area contributed by atoms with Crippen LogP contribution < -0.4 is 10.1 Å². The highest BCUT2D eigenvalue weighted by molar-refractivity contribution is 6.35. The minimum Gasteiger partial charge on any atom is -0.491 e. The van der Waals surface area contributed by atoms with Crippen LogP contribution >= 0.6 is 23.2 Å². The van der Waals surface area contributed by atoms with E-state index in [0.29, 0.717) is 16.1 Å². The van der Waals surface area contributed by atoms with Gasteiger partial charge in [-0.15, -0.1) is 0 Å². The van der Waals surface area contributed by atoms with Gasteiger partial charge in [0.25, 0.3) is 0 Å². The van der Waals surface area contributed by atoms with E-state index in [0.717, 1.165) is 30.4 Å². The predicted molar refractivity (Wildman–Crippen MR) is 74.5 cm³/mol. The van der Waals surface area contributed by atoms with E-state index in [-0.39, 0.29) is 0 Å². The van der Waals surface area contributed by atoms with E-state index in [1.165, 1.54) is 25.7 Å². The molecule has 1 aromatic carbocycles. The quantitative estimate of drug-likeness (QED) is 0.852. The minimum absolute atomic E-state index is 0.621. The number of halogens is 2. The Morgan fingerprint density at radius 3 is 2.61 bits per heavy atom. The van der Waals surface area contributed by atoms with Gasteiger partial charge in [0, 0.05) is 23.2 Å². The molecule has 0 unspecified atom stereocenters. The van der Waals surface area contributed by atoms with Gasteiger partial charge in [0.1, 0.15) is 5.75 Å². The highest BCUT2D eigenvalue weighted by Gasteiger charge is 2.24. The smallest absolute Gasteiger partial charge is 0.142 e. The third-order valence-electron chi connectivity index (χ3n) is 3.40. The van der Waals surface area contributed by atoms with Crippen molar-refractivity contribution in [2.24, 2.45) is 5.92 Å². The van der Waals surface area contributed by atoms with E-state index in [2.05, 4.69) is 5.32 Å². The number of hydrogen-bond acceptors (Lipinski definition) is 2. The molecule has 0 saturated heterocycles. The lowest BCUT2D eigenvalue weighted by molar-refractivity contribution is 0.296. The fourth-order valence-corrected chi connectivity index (χ4v) is 2.52. The first kappa shape index (κ1) is 12.6. The summed E-state index contributed by atoms with van der Waals surface area (Å²) in [4.78, 5) is 0. The van der Waals surface area contributed by atoms with Gasteiger partial charge < -0.3 is 10.1 Å². The van der Waals surface area contributed by atoms with Crippen molar-refractivity contribution in [1.82, 2.24) is 5.32 Å². The Morgan fingerprint density at radius 2 is 1.94 bits per heavy atom. The van der Waals surface area contributed by atoms with E-state index in [4.69, 9.17) is 27.9 Å². The van der Waals surface area contributed by atoms with Crippen molar-refractivity contribution in [1.29, 1.82) is 0 Å². The van der Waals surface area contributed by atoms with Crippen molar-refractivity contribution < 1.29 is 4.74 Å². The van der Waals surface area contributed by atoms with Gasteiger partial charge in [-0.2, -0.15) is 0 Å². The molecule has 0 amide bonds. The molecule has 2 aliphatic rings. The fourth-order valence-electron chi connectivity index (χ4n) is 1.93. The molecular formula is C14H17Cl2NO. The molecule has 2 fully saturated rings. The molecule has 0 atom stereocenters. The molecule has 2 saturated carbocycles. The van der Waals surface area contributed by atoms with Crippen molar-refractivity contribution in [3.8, 4) is 5.75 Å². The normalized spacial score (nSPS) is 19.0. The van der Waals surface area contributed by atoms with Crippen LogP contribution in [0.3, 0.4) is 0 Å². The maximum Gasteiger partial charge on any atom is 0.142 e. The number of hydrogen-bond donors (Lipinski definition) is 1. The summed E-state index contributed by atoms with van der Waals surface area (Å²) in [6.07, 6.45) is 5.10. The largest absolute Gasteiger partial charge is 0.491 e. The Hall–Kier alpha value is -0.440. The van der Waals surface area contributed by atoms with Gasteiger partial charge in [0.2, 0.25) is 0 Å². The molecular weight excluding hydrogens is 269 g/mol. The number of rotatable bonds is 6. The van der Waals surface area contributed by atoms with Gasteiger partial charge in [-0.25, -0.2) is 0 Å². The molecule has 0 aromatic heterocycles. The zero-order valence-electron chi connectivity index (χ0n) is 10.2. The molecule has 98 valence electrons. The second kappa shape index (κ2) is 5.28. The Morgan fingerprint density at radius 1 is 1.17 bits per heavy atom. The zero-order chi connectivity index (χ0) is 12.5. The monoisotopic (exact) mass is 285 g/mol. The first-order chi connectivity index (χ1) is 8.72. The Kier molecular flexibility index (Phi) is 3.69. The SMILES string of the molecule is Clc1cc(Cl)c(OCC2CC2)c(CNC2CC2)c1. The molecule has 0 bridgehead atoms. The standard InChI is InChI=1S/C14H17Cl2NO/c15-11-5-10(7-17-12-3-4-12)14(13(16)6-11)18-8-9-1-2-9/h5-6,9,12,17H,1-4,7-8H2. The average molecular weight is 286 g/mol. The number of nitrogens with one attached hydrogen (secondary N) is 1. The second-order valence-electron chi connectivity index (χ2n) is 5.29. The van der Waals surface area contributed by atoms with E-state index in [1.54, 1.807) is 6.07 Å². The molecule has 3 rings (SSSR count). The van der Waals surface area contributed by atoms with Crippen molar-refractivity contribution in [2.75, 3.05) is 6.61 Å². The lowest BCUT2D eigenvalue weighted by Crippen LogP contribution is -2.16. The third-order valence-corrected chi connectivity index (χ3v) is 3.90. The molecule has 0 radical (unpaired) electrons. The molecule has 2 nitrogen and oxygen atoms in total. The summed E-state index contributed by atoms with van der Waals surface area (Å²) in [5.41, 5.74) is 1.07. The van der Waals surface area contributed by atoms with E-state index >= 15 is 0 Å². The average Bonchev–Trinajstić information content (AvgIpc) is 3.19. The van der Waals surface area contributed by atoms with Gasteiger partial charge in [-0.1, -0.05) is 23.2 Å². The fraction of sp³-hybridized carbons (Fsp3) is 0.571. The first-order valence-electron chi connectivity index (χ1n) is 6.56. The third kappa shape index (κ3) is 3.31. The van der Waals surface area contributed by atoms with E-state index < -0.39 is 0 Å². The van der Waals surface area contributed by atoms with Gasteiger partial charge in [-0.05, 0) is 43.7 Å². The second-order valence-corrected chi connectivity index (χ2v) is 6.13. The molecule has 4 heteroatoms. The van der Waals surface area contributed by atoms with Crippen LogP contribution in [0.4, 0.5) is 0 Å². The maximum absolute atomic E-state index is 6.23. The molecule has 1 N–H and O–H groups in total. The Bertz CT molecular complexity index is 442.